The van der Waals surface area contributed by atoms with Gasteiger partial charge in [-0.1, -0.05) is 28.1 Å². The fourth-order valence-electron chi connectivity index (χ4n) is 2.04. The summed E-state index contributed by atoms with van der Waals surface area (Å²) in [5, 5.41) is 20.4. The van der Waals surface area contributed by atoms with Crippen LogP contribution in [0.15, 0.2) is 28.7 Å². The van der Waals surface area contributed by atoms with Crippen molar-refractivity contribution in [3.63, 3.8) is 0 Å². The number of hydrogen-bond donors (Lipinski definition) is 1. The van der Waals surface area contributed by atoms with Crippen LogP contribution in [-0.4, -0.2) is 29.0 Å². The van der Waals surface area contributed by atoms with Gasteiger partial charge in [0, 0.05) is 15.8 Å². The minimum Gasteiger partial charge on any atom is -0.368 e. The van der Waals surface area contributed by atoms with Gasteiger partial charge in [0.05, 0.1) is 5.92 Å². The molecule has 0 saturated carbocycles. The number of aliphatic hydroxyl groups is 1. The summed E-state index contributed by atoms with van der Waals surface area (Å²) in [6.07, 6.45) is -0.660. The van der Waals surface area contributed by atoms with E-state index >= 15 is 0 Å². The van der Waals surface area contributed by atoms with E-state index in [4.69, 9.17) is 4.74 Å². The molecular formula is C11H12BrNO4. The van der Waals surface area contributed by atoms with Gasteiger partial charge in [-0.25, -0.2) is 0 Å². The normalized spacial score (nSPS) is 28.9. The highest BCUT2D eigenvalue weighted by Crippen LogP contribution is 2.31. The molecule has 3 atom stereocenters. The van der Waals surface area contributed by atoms with Gasteiger partial charge in [-0.3, -0.25) is 10.1 Å². The van der Waals surface area contributed by atoms with Gasteiger partial charge in [0.1, 0.15) is 6.61 Å². The van der Waals surface area contributed by atoms with Crippen molar-refractivity contribution in [2.75, 3.05) is 6.61 Å². The van der Waals surface area contributed by atoms with Crippen molar-refractivity contribution >= 4 is 15.9 Å². The van der Waals surface area contributed by atoms with Gasteiger partial charge in [0.2, 0.25) is 6.04 Å². The number of halogens is 1. The molecule has 0 bridgehead atoms. The first-order valence-electron chi connectivity index (χ1n) is 5.26. The predicted molar refractivity (Wildman–Crippen MR) is 64.2 cm³/mol. The molecule has 0 spiro atoms. The summed E-state index contributed by atoms with van der Waals surface area (Å²) in [7, 11) is 0. The third-order valence-electron chi connectivity index (χ3n) is 2.95. The molecule has 2 rings (SSSR count). The SMILES string of the molecule is O=[N+]([O-])[C@@H]1COC(O)C[C@H]1c1ccc(Br)cc1. The number of nitro groups is 1. The van der Waals surface area contributed by atoms with Gasteiger partial charge >= 0.3 is 0 Å². The van der Waals surface area contributed by atoms with Crippen LogP contribution >= 0.6 is 15.9 Å². The van der Waals surface area contributed by atoms with Crippen molar-refractivity contribution < 1.29 is 14.8 Å². The molecular weight excluding hydrogens is 290 g/mol. The first kappa shape index (κ1) is 12.5. The predicted octanol–water partition coefficient (Wildman–Crippen LogP) is 1.92. The smallest absolute Gasteiger partial charge is 0.243 e. The van der Waals surface area contributed by atoms with Crippen LogP contribution in [0.3, 0.4) is 0 Å². The van der Waals surface area contributed by atoms with Gasteiger partial charge in [0.15, 0.2) is 6.29 Å². The molecule has 5 nitrogen and oxygen atoms in total. The Labute approximate surface area is 107 Å². The molecule has 17 heavy (non-hydrogen) atoms. The van der Waals surface area contributed by atoms with Crippen molar-refractivity contribution in [3.05, 3.63) is 44.4 Å². The zero-order chi connectivity index (χ0) is 12.4. The molecule has 1 N–H and O–H groups in total. The van der Waals surface area contributed by atoms with E-state index < -0.39 is 12.3 Å². The topological polar surface area (TPSA) is 72.6 Å². The summed E-state index contributed by atoms with van der Waals surface area (Å²) in [5.41, 5.74) is 0.859. The summed E-state index contributed by atoms with van der Waals surface area (Å²) in [4.78, 5) is 10.6. The second-order valence-electron chi connectivity index (χ2n) is 4.03. The van der Waals surface area contributed by atoms with Crippen LogP contribution in [0.5, 0.6) is 0 Å². The zero-order valence-electron chi connectivity index (χ0n) is 8.95. The fourth-order valence-corrected chi connectivity index (χ4v) is 2.31. The monoisotopic (exact) mass is 301 g/mol. The molecule has 1 aromatic carbocycles. The lowest BCUT2D eigenvalue weighted by Crippen LogP contribution is -2.40. The van der Waals surface area contributed by atoms with Crippen LogP contribution < -0.4 is 0 Å². The van der Waals surface area contributed by atoms with Crippen LogP contribution in [0.4, 0.5) is 0 Å². The lowest BCUT2D eigenvalue weighted by molar-refractivity contribution is -0.538. The molecule has 1 saturated heterocycles. The number of rotatable bonds is 2. The molecule has 1 aliphatic heterocycles. The Morgan fingerprint density at radius 3 is 2.65 bits per heavy atom. The number of hydrogen-bond acceptors (Lipinski definition) is 4. The van der Waals surface area contributed by atoms with Crippen molar-refractivity contribution in [2.45, 2.75) is 24.7 Å². The van der Waals surface area contributed by atoms with Crippen LogP contribution in [0.1, 0.15) is 17.9 Å². The Bertz CT molecular complexity index is 408. The maximum Gasteiger partial charge on any atom is 0.243 e. The third-order valence-corrected chi connectivity index (χ3v) is 3.48. The molecule has 1 unspecified atom stereocenters. The highest BCUT2D eigenvalue weighted by molar-refractivity contribution is 9.10. The van der Waals surface area contributed by atoms with Gasteiger partial charge in [0.25, 0.3) is 0 Å². The second-order valence-corrected chi connectivity index (χ2v) is 4.95. The Hall–Kier alpha value is -0.980. The van der Waals surface area contributed by atoms with E-state index in [0.717, 1.165) is 10.0 Å². The summed E-state index contributed by atoms with van der Waals surface area (Å²) in [6, 6.07) is 6.56. The molecule has 0 aliphatic carbocycles. The summed E-state index contributed by atoms with van der Waals surface area (Å²) >= 11 is 3.32. The van der Waals surface area contributed by atoms with E-state index in [0.29, 0.717) is 0 Å². The van der Waals surface area contributed by atoms with Crippen LogP contribution in [-0.2, 0) is 4.74 Å². The first-order valence-corrected chi connectivity index (χ1v) is 6.06. The van der Waals surface area contributed by atoms with Crippen molar-refractivity contribution in [1.82, 2.24) is 0 Å². The van der Waals surface area contributed by atoms with Gasteiger partial charge in [-0.2, -0.15) is 0 Å². The Morgan fingerprint density at radius 1 is 1.41 bits per heavy atom. The number of aliphatic hydroxyl groups excluding tert-OH is 1. The number of nitrogens with zero attached hydrogens (tertiary/aromatic N) is 1. The zero-order valence-corrected chi connectivity index (χ0v) is 10.5. The molecule has 1 fully saturated rings. The fraction of sp³-hybridized carbons (Fsp3) is 0.455. The van der Waals surface area contributed by atoms with Crippen LogP contribution in [0.2, 0.25) is 0 Å². The average molecular weight is 302 g/mol. The van der Waals surface area contributed by atoms with E-state index in [2.05, 4.69) is 15.9 Å². The van der Waals surface area contributed by atoms with Gasteiger partial charge in [-0.15, -0.1) is 0 Å². The van der Waals surface area contributed by atoms with Crippen molar-refractivity contribution in [3.8, 4) is 0 Å². The molecule has 6 heteroatoms. The average Bonchev–Trinajstić information content (AvgIpc) is 2.29. The van der Waals surface area contributed by atoms with Crippen molar-refractivity contribution in [2.24, 2.45) is 0 Å². The Balaban J connectivity index is 2.25. The number of ether oxygens (including phenoxy) is 1. The minimum atomic E-state index is -0.917. The highest BCUT2D eigenvalue weighted by atomic mass is 79.9. The Morgan fingerprint density at radius 2 is 2.06 bits per heavy atom. The summed E-state index contributed by atoms with van der Waals surface area (Å²) < 4.78 is 5.85. The van der Waals surface area contributed by atoms with Gasteiger partial charge in [-0.05, 0) is 17.7 Å². The van der Waals surface area contributed by atoms with Crippen LogP contribution in [0, 0.1) is 10.1 Å². The second kappa shape index (κ2) is 5.12. The standard InChI is InChI=1S/C11H12BrNO4/c12-8-3-1-7(2-4-8)9-5-11(14)17-6-10(9)13(15)16/h1-4,9-11,14H,5-6H2/t9-,10+,11?/m0/s1. The third kappa shape index (κ3) is 2.83. The Kier molecular flexibility index (Phi) is 3.76. The van der Waals surface area contributed by atoms with Crippen LogP contribution in [0.25, 0.3) is 0 Å². The van der Waals surface area contributed by atoms with E-state index in [1.54, 1.807) is 0 Å². The molecule has 92 valence electrons. The largest absolute Gasteiger partial charge is 0.368 e. The molecule has 0 aromatic heterocycles. The van der Waals surface area contributed by atoms with Gasteiger partial charge < -0.3 is 9.84 Å². The maximum absolute atomic E-state index is 10.9. The first-order chi connectivity index (χ1) is 8.08. The lowest BCUT2D eigenvalue weighted by Gasteiger charge is -2.29. The molecule has 1 aromatic rings. The van der Waals surface area contributed by atoms with Crippen molar-refractivity contribution in [1.29, 1.82) is 0 Å². The summed E-state index contributed by atoms with van der Waals surface area (Å²) in [6.45, 7) is -0.0467. The van der Waals surface area contributed by atoms with E-state index in [1.165, 1.54) is 0 Å². The molecule has 0 radical (unpaired) electrons. The van der Waals surface area contributed by atoms with E-state index in [9.17, 15) is 15.2 Å². The highest BCUT2D eigenvalue weighted by Gasteiger charge is 2.39. The van der Waals surface area contributed by atoms with E-state index in [1.807, 2.05) is 24.3 Å². The quantitative estimate of drug-likeness (QED) is 0.669. The lowest BCUT2D eigenvalue weighted by atomic mass is 9.87. The maximum atomic E-state index is 10.9. The van der Waals surface area contributed by atoms with E-state index in [-0.39, 0.29) is 23.9 Å². The summed E-state index contributed by atoms with van der Waals surface area (Å²) in [5.74, 6) is -0.304. The minimum absolute atomic E-state index is 0.0467. The molecule has 0 amide bonds. The molecule has 1 heterocycles. The number of benzene rings is 1. The molecule has 1 aliphatic rings.